The van der Waals surface area contributed by atoms with E-state index in [-0.39, 0.29) is 34.1 Å². The molecule has 31 heavy (non-hydrogen) atoms. The molecule has 0 spiro atoms. The van der Waals surface area contributed by atoms with Gasteiger partial charge in [-0.05, 0) is 31.2 Å². The molecule has 0 aliphatic heterocycles. The minimum atomic E-state index is -3.51. The molecule has 0 aliphatic carbocycles. The topological polar surface area (TPSA) is 158 Å². The van der Waals surface area contributed by atoms with E-state index in [0.717, 1.165) is 6.07 Å². The first kappa shape index (κ1) is 21.7. The highest BCUT2D eigenvalue weighted by molar-refractivity contribution is 7.92. The number of ether oxygens (including phenoxy) is 1. The summed E-state index contributed by atoms with van der Waals surface area (Å²) >= 11 is 0. The van der Waals surface area contributed by atoms with Gasteiger partial charge in [-0.15, -0.1) is 0 Å². The first-order valence-corrected chi connectivity index (χ1v) is 10.5. The lowest BCUT2D eigenvalue weighted by Crippen LogP contribution is -2.16. The third-order valence-electron chi connectivity index (χ3n) is 4.20. The number of rotatable bonds is 8. The molecule has 1 heterocycles. The van der Waals surface area contributed by atoms with Gasteiger partial charge in [0.05, 0.1) is 23.5 Å². The number of benzene rings is 2. The van der Waals surface area contributed by atoms with Crippen molar-refractivity contribution in [2.24, 2.45) is 0 Å². The Bertz CT molecular complexity index is 1230. The first-order chi connectivity index (χ1) is 14.7. The second-order valence-electron chi connectivity index (χ2n) is 6.18. The van der Waals surface area contributed by atoms with Crippen LogP contribution in [0.5, 0.6) is 5.75 Å². The van der Waals surface area contributed by atoms with Gasteiger partial charge in [-0.25, -0.2) is 18.1 Å². The predicted molar refractivity (Wildman–Crippen MR) is 112 cm³/mol. The van der Waals surface area contributed by atoms with Crippen LogP contribution in [0, 0.1) is 10.1 Å². The molecule has 0 atom stereocenters. The number of carbonyl (C=O) groups is 1. The van der Waals surface area contributed by atoms with Gasteiger partial charge in [0.15, 0.2) is 0 Å². The van der Waals surface area contributed by atoms with E-state index in [0.29, 0.717) is 5.69 Å². The van der Waals surface area contributed by atoms with E-state index >= 15 is 0 Å². The fraction of sp³-hybridized carbons (Fsp3) is 0.167. The summed E-state index contributed by atoms with van der Waals surface area (Å²) in [6, 6.07) is 8.30. The average molecular weight is 446 g/mol. The lowest BCUT2D eigenvalue weighted by Gasteiger charge is -2.13. The Balaban J connectivity index is 1.86. The zero-order valence-corrected chi connectivity index (χ0v) is 17.3. The number of nitrogens with one attached hydrogen (secondary N) is 2. The molecule has 1 aromatic heterocycles. The predicted octanol–water partition coefficient (Wildman–Crippen LogP) is 2.20. The van der Waals surface area contributed by atoms with E-state index < -0.39 is 20.9 Å². The molecule has 0 saturated heterocycles. The van der Waals surface area contributed by atoms with Crippen molar-refractivity contribution in [3.63, 3.8) is 0 Å². The zero-order valence-electron chi connectivity index (χ0n) is 16.5. The lowest BCUT2D eigenvalue weighted by molar-refractivity contribution is -0.384. The summed E-state index contributed by atoms with van der Waals surface area (Å²) in [4.78, 5) is 27.2. The van der Waals surface area contributed by atoms with Crippen LogP contribution in [0.25, 0.3) is 5.69 Å². The second kappa shape index (κ2) is 8.79. The number of nitro benzene ring substituents is 1. The van der Waals surface area contributed by atoms with Gasteiger partial charge in [0.2, 0.25) is 10.0 Å². The summed E-state index contributed by atoms with van der Waals surface area (Å²) in [6.45, 7) is 1.50. The fourth-order valence-corrected chi connectivity index (χ4v) is 3.28. The van der Waals surface area contributed by atoms with Crippen molar-refractivity contribution in [2.75, 3.05) is 22.9 Å². The quantitative estimate of drug-likeness (QED) is 0.393. The van der Waals surface area contributed by atoms with Crippen LogP contribution >= 0.6 is 0 Å². The molecule has 0 radical (unpaired) electrons. The monoisotopic (exact) mass is 446 g/mol. The summed E-state index contributed by atoms with van der Waals surface area (Å²) in [6.07, 6.45) is 2.55. The van der Waals surface area contributed by atoms with Gasteiger partial charge >= 0.3 is 0 Å². The van der Waals surface area contributed by atoms with Gasteiger partial charge in [0, 0.05) is 23.4 Å². The average Bonchev–Trinajstić information content (AvgIpc) is 3.28. The Kier molecular flexibility index (Phi) is 6.15. The zero-order chi connectivity index (χ0) is 22.6. The molecule has 12 nitrogen and oxygen atoms in total. The number of methoxy groups -OCH3 is 1. The number of sulfonamides is 1. The molecule has 0 unspecified atom stereocenters. The van der Waals surface area contributed by atoms with Crippen molar-refractivity contribution in [2.45, 2.75) is 6.92 Å². The Labute approximate surface area is 177 Å². The normalized spacial score (nSPS) is 11.0. The Hall–Kier alpha value is -4.00. The van der Waals surface area contributed by atoms with Crippen LogP contribution in [0.2, 0.25) is 0 Å². The van der Waals surface area contributed by atoms with Crippen molar-refractivity contribution in [3.05, 3.63) is 64.7 Å². The summed E-state index contributed by atoms with van der Waals surface area (Å²) < 4.78 is 32.4. The standard InChI is InChI=1S/C18H18N6O6S/c1-3-31(28,29)22-14-6-5-13(9-17(14)30-2)21-18(25)12-4-7-15(16(8-12)24(26)27)23-11-19-10-20-23/h4-11,22H,3H2,1-2H3,(H,21,25). The maximum atomic E-state index is 12.6. The van der Waals surface area contributed by atoms with Crippen molar-refractivity contribution < 1.29 is 22.9 Å². The number of carbonyl (C=O) groups excluding carboxylic acids is 1. The third-order valence-corrected chi connectivity index (χ3v) is 5.50. The van der Waals surface area contributed by atoms with Crippen LogP contribution < -0.4 is 14.8 Å². The van der Waals surface area contributed by atoms with Gasteiger partial charge in [-0.2, -0.15) is 5.10 Å². The third kappa shape index (κ3) is 4.95. The molecule has 0 bridgehead atoms. The summed E-state index contributed by atoms with van der Waals surface area (Å²) in [5.74, 6) is -0.516. The molecule has 0 aliphatic rings. The van der Waals surface area contributed by atoms with E-state index in [2.05, 4.69) is 20.1 Å². The minimum Gasteiger partial charge on any atom is -0.494 e. The minimum absolute atomic E-state index is 0.0466. The molecular formula is C18H18N6O6S. The molecule has 1 amide bonds. The first-order valence-electron chi connectivity index (χ1n) is 8.87. The van der Waals surface area contributed by atoms with Crippen LogP contribution in [-0.4, -0.2) is 46.9 Å². The highest BCUT2D eigenvalue weighted by Gasteiger charge is 2.20. The van der Waals surface area contributed by atoms with Crippen LogP contribution in [0.1, 0.15) is 17.3 Å². The van der Waals surface area contributed by atoms with E-state index in [1.165, 1.54) is 61.7 Å². The molecule has 2 aromatic carbocycles. The Morgan fingerprint density at radius 1 is 1.26 bits per heavy atom. The largest absolute Gasteiger partial charge is 0.494 e. The maximum Gasteiger partial charge on any atom is 0.295 e. The van der Waals surface area contributed by atoms with E-state index in [1.807, 2.05) is 0 Å². The van der Waals surface area contributed by atoms with Gasteiger partial charge < -0.3 is 10.1 Å². The molecule has 162 valence electrons. The number of anilines is 2. The molecule has 13 heteroatoms. The molecular weight excluding hydrogens is 428 g/mol. The van der Waals surface area contributed by atoms with Gasteiger partial charge in [0.1, 0.15) is 24.1 Å². The van der Waals surface area contributed by atoms with E-state index in [1.54, 1.807) is 0 Å². The van der Waals surface area contributed by atoms with Crippen LogP contribution in [0.4, 0.5) is 17.1 Å². The van der Waals surface area contributed by atoms with Crippen LogP contribution in [-0.2, 0) is 10.0 Å². The molecule has 3 rings (SSSR count). The van der Waals surface area contributed by atoms with Crippen LogP contribution in [0.3, 0.4) is 0 Å². The van der Waals surface area contributed by atoms with E-state index in [9.17, 15) is 23.3 Å². The summed E-state index contributed by atoms with van der Waals surface area (Å²) in [7, 11) is -2.15. The molecule has 0 fully saturated rings. The molecule has 3 aromatic rings. The number of nitro groups is 1. The molecule has 0 saturated carbocycles. The number of amides is 1. The highest BCUT2D eigenvalue weighted by atomic mass is 32.2. The summed E-state index contributed by atoms with van der Waals surface area (Å²) in [5, 5.41) is 17.9. The lowest BCUT2D eigenvalue weighted by atomic mass is 10.1. The smallest absolute Gasteiger partial charge is 0.295 e. The van der Waals surface area contributed by atoms with E-state index in [4.69, 9.17) is 4.74 Å². The van der Waals surface area contributed by atoms with Crippen molar-refractivity contribution in [3.8, 4) is 11.4 Å². The number of hydrogen-bond acceptors (Lipinski definition) is 8. The van der Waals surface area contributed by atoms with Gasteiger partial charge in [-0.1, -0.05) is 0 Å². The van der Waals surface area contributed by atoms with Crippen molar-refractivity contribution in [1.82, 2.24) is 14.8 Å². The van der Waals surface area contributed by atoms with Crippen molar-refractivity contribution >= 4 is 33.0 Å². The number of hydrogen-bond donors (Lipinski definition) is 2. The molecule has 2 N–H and O–H groups in total. The van der Waals surface area contributed by atoms with Crippen molar-refractivity contribution in [1.29, 1.82) is 0 Å². The Morgan fingerprint density at radius 3 is 2.65 bits per heavy atom. The van der Waals surface area contributed by atoms with Gasteiger partial charge in [0.25, 0.3) is 11.6 Å². The highest BCUT2D eigenvalue weighted by Crippen LogP contribution is 2.29. The SMILES string of the molecule is CCS(=O)(=O)Nc1ccc(NC(=O)c2ccc(-n3cncn3)c([N+](=O)[O-])c2)cc1OC. The van der Waals surface area contributed by atoms with Crippen LogP contribution in [0.15, 0.2) is 49.1 Å². The fourth-order valence-electron chi connectivity index (χ4n) is 2.63. The number of nitrogens with zero attached hydrogens (tertiary/aromatic N) is 4. The summed E-state index contributed by atoms with van der Waals surface area (Å²) in [5.41, 5.74) is 0.415. The number of aromatic nitrogens is 3. The van der Waals surface area contributed by atoms with Gasteiger partial charge in [-0.3, -0.25) is 19.6 Å². The second-order valence-corrected chi connectivity index (χ2v) is 8.19. The maximum absolute atomic E-state index is 12.6. The Morgan fingerprint density at radius 2 is 2.03 bits per heavy atom.